The highest BCUT2D eigenvalue weighted by molar-refractivity contribution is 5.97. The fourth-order valence-electron chi connectivity index (χ4n) is 1.10. The summed E-state index contributed by atoms with van der Waals surface area (Å²) in [4.78, 5) is 23.3. The van der Waals surface area contributed by atoms with Crippen LogP contribution in [0.25, 0.3) is 0 Å². The van der Waals surface area contributed by atoms with Gasteiger partial charge in [-0.2, -0.15) is 0 Å². The lowest BCUT2D eigenvalue weighted by atomic mass is 10.2. The average Bonchev–Trinajstić information content (AvgIpc) is 2.31. The van der Waals surface area contributed by atoms with E-state index in [4.69, 9.17) is 11.5 Å². The number of nitrogen functional groups attached to an aromatic ring is 1. The van der Waals surface area contributed by atoms with Gasteiger partial charge in [-0.1, -0.05) is 18.2 Å². The number of rotatable bonds is 1. The number of para-hydroxylation sites is 1. The van der Waals surface area contributed by atoms with Gasteiger partial charge in [0.1, 0.15) is 0 Å². The smallest absolute Gasteiger partial charge is 0.250 e. The van der Waals surface area contributed by atoms with Crippen LogP contribution in [0.3, 0.4) is 0 Å². The van der Waals surface area contributed by atoms with E-state index in [1.807, 2.05) is 0 Å². The Labute approximate surface area is 98.1 Å². The minimum absolute atomic E-state index is 0.0532. The number of anilines is 1. The number of nitrogens with two attached hydrogens (primary N) is 2. The van der Waals surface area contributed by atoms with Crippen molar-refractivity contribution < 1.29 is 4.79 Å². The molecule has 88 valence electrons. The Balaban J connectivity index is 0.000000181. The minimum atomic E-state index is -0.488. The average molecular weight is 231 g/mol. The number of carbonyl (C=O) groups excluding carboxylic acids is 1. The van der Waals surface area contributed by atoms with E-state index in [9.17, 15) is 9.59 Å². The molecule has 0 aliphatic rings. The molecule has 5 heteroatoms. The summed E-state index contributed by atoms with van der Waals surface area (Å²) >= 11 is 0. The van der Waals surface area contributed by atoms with Gasteiger partial charge in [0.25, 0.3) is 5.91 Å². The van der Waals surface area contributed by atoms with Crippen molar-refractivity contribution in [3.63, 3.8) is 0 Å². The molecule has 0 aliphatic heterocycles. The molecule has 5 N–H and O–H groups in total. The molecule has 1 aromatic carbocycles. The highest BCUT2D eigenvalue weighted by Crippen LogP contribution is 2.08. The zero-order valence-corrected chi connectivity index (χ0v) is 9.09. The number of amides is 1. The van der Waals surface area contributed by atoms with Crippen molar-refractivity contribution in [2.45, 2.75) is 0 Å². The third-order valence-corrected chi connectivity index (χ3v) is 1.91. The molecule has 0 radical (unpaired) electrons. The molecule has 0 unspecified atom stereocenters. The Hall–Kier alpha value is -2.56. The van der Waals surface area contributed by atoms with Gasteiger partial charge in [-0.15, -0.1) is 0 Å². The number of hydrogen-bond acceptors (Lipinski definition) is 3. The lowest BCUT2D eigenvalue weighted by Gasteiger charge is -1.97. The van der Waals surface area contributed by atoms with E-state index >= 15 is 0 Å². The van der Waals surface area contributed by atoms with Gasteiger partial charge in [0.2, 0.25) is 5.56 Å². The SMILES string of the molecule is NC(=O)c1ccccc1N.O=c1cccc[nH]1. The highest BCUT2D eigenvalue weighted by Gasteiger charge is 2.01. The number of aromatic nitrogens is 1. The van der Waals surface area contributed by atoms with Crippen molar-refractivity contribution in [2.75, 3.05) is 5.73 Å². The van der Waals surface area contributed by atoms with Crippen LogP contribution in [0.4, 0.5) is 5.69 Å². The van der Waals surface area contributed by atoms with E-state index < -0.39 is 5.91 Å². The fourth-order valence-corrected chi connectivity index (χ4v) is 1.10. The van der Waals surface area contributed by atoms with E-state index in [-0.39, 0.29) is 5.56 Å². The Kier molecular flexibility index (Phi) is 4.50. The van der Waals surface area contributed by atoms with Gasteiger partial charge in [-0.25, -0.2) is 0 Å². The van der Waals surface area contributed by atoms with Crippen molar-refractivity contribution in [1.29, 1.82) is 0 Å². The van der Waals surface area contributed by atoms with E-state index in [1.54, 1.807) is 42.6 Å². The third-order valence-electron chi connectivity index (χ3n) is 1.91. The van der Waals surface area contributed by atoms with Gasteiger partial charge >= 0.3 is 0 Å². The van der Waals surface area contributed by atoms with E-state index in [0.29, 0.717) is 11.3 Å². The molecule has 1 aromatic heterocycles. The van der Waals surface area contributed by atoms with E-state index in [2.05, 4.69) is 4.98 Å². The van der Waals surface area contributed by atoms with Crippen LogP contribution in [0.1, 0.15) is 10.4 Å². The topological polar surface area (TPSA) is 102 Å². The largest absolute Gasteiger partial charge is 0.398 e. The fraction of sp³-hybridized carbons (Fsp3) is 0. The standard InChI is InChI=1S/C7H8N2O.C5H5NO/c8-6-4-2-1-3-5(6)7(9)10;7-5-3-1-2-4-6-5/h1-4H,8H2,(H2,9,10);1-4H,(H,6,7). The van der Waals surface area contributed by atoms with Crippen LogP contribution in [0.15, 0.2) is 53.5 Å². The zero-order valence-electron chi connectivity index (χ0n) is 9.09. The van der Waals surface area contributed by atoms with Crippen molar-refractivity contribution >= 4 is 11.6 Å². The summed E-state index contributed by atoms with van der Waals surface area (Å²) in [6.45, 7) is 0. The van der Waals surface area contributed by atoms with Crippen LogP contribution < -0.4 is 17.0 Å². The number of aromatic amines is 1. The second-order valence-electron chi connectivity index (χ2n) is 3.18. The molecule has 17 heavy (non-hydrogen) atoms. The van der Waals surface area contributed by atoms with Crippen molar-refractivity contribution in [3.8, 4) is 0 Å². The van der Waals surface area contributed by atoms with Crippen LogP contribution in [0, 0.1) is 0 Å². The first-order chi connectivity index (χ1) is 8.11. The molecule has 0 spiro atoms. The first-order valence-electron chi connectivity index (χ1n) is 4.89. The summed E-state index contributed by atoms with van der Waals surface area (Å²) in [6, 6.07) is 11.6. The Morgan fingerprint density at radius 2 is 1.71 bits per heavy atom. The Morgan fingerprint density at radius 1 is 1.06 bits per heavy atom. The Morgan fingerprint density at radius 3 is 2.06 bits per heavy atom. The van der Waals surface area contributed by atoms with Crippen molar-refractivity contribution in [1.82, 2.24) is 4.98 Å². The molecule has 0 bridgehead atoms. The summed E-state index contributed by atoms with van der Waals surface area (Å²) in [5, 5.41) is 0. The van der Waals surface area contributed by atoms with Gasteiger partial charge in [-0.3, -0.25) is 9.59 Å². The molecular formula is C12H13N3O2. The van der Waals surface area contributed by atoms with Gasteiger partial charge in [0.15, 0.2) is 0 Å². The lowest BCUT2D eigenvalue weighted by molar-refractivity contribution is 0.100. The van der Waals surface area contributed by atoms with Crippen molar-refractivity contribution in [2.24, 2.45) is 5.73 Å². The summed E-state index contributed by atoms with van der Waals surface area (Å²) in [5.74, 6) is -0.488. The van der Waals surface area contributed by atoms with Crippen LogP contribution >= 0.6 is 0 Å². The quantitative estimate of drug-likeness (QED) is 0.631. The molecule has 5 nitrogen and oxygen atoms in total. The molecule has 1 heterocycles. The number of nitrogens with one attached hydrogen (secondary N) is 1. The van der Waals surface area contributed by atoms with Crippen LogP contribution in [-0.4, -0.2) is 10.9 Å². The summed E-state index contributed by atoms with van der Waals surface area (Å²) < 4.78 is 0. The van der Waals surface area contributed by atoms with E-state index in [0.717, 1.165) is 0 Å². The zero-order chi connectivity index (χ0) is 12.7. The predicted octanol–water partition coefficient (Wildman–Crippen LogP) is 0.743. The third kappa shape index (κ3) is 4.21. The first-order valence-corrected chi connectivity index (χ1v) is 4.89. The Bertz CT molecular complexity index is 532. The number of benzene rings is 1. The summed E-state index contributed by atoms with van der Waals surface area (Å²) in [6.07, 6.45) is 1.60. The molecular weight excluding hydrogens is 218 g/mol. The minimum Gasteiger partial charge on any atom is -0.398 e. The molecule has 0 saturated heterocycles. The van der Waals surface area contributed by atoms with Gasteiger partial charge < -0.3 is 16.5 Å². The lowest BCUT2D eigenvalue weighted by Crippen LogP contribution is -2.12. The van der Waals surface area contributed by atoms with Gasteiger partial charge in [-0.05, 0) is 18.2 Å². The van der Waals surface area contributed by atoms with Gasteiger partial charge in [0.05, 0.1) is 5.56 Å². The monoisotopic (exact) mass is 231 g/mol. The number of pyridine rings is 1. The predicted molar refractivity (Wildman–Crippen MR) is 66.4 cm³/mol. The molecule has 2 rings (SSSR count). The molecule has 2 aromatic rings. The second kappa shape index (κ2) is 6.12. The second-order valence-corrected chi connectivity index (χ2v) is 3.18. The van der Waals surface area contributed by atoms with Crippen molar-refractivity contribution in [3.05, 3.63) is 64.6 Å². The first kappa shape index (κ1) is 12.5. The maximum absolute atomic E-state index is 10.6. The molecule has 1 amide bonds. The van der Waals surface area contributed by atoms with E-state index in [1.165, 1.54) is 6.07 Å². The number of carbonyl (C=O) groups is 1. The number of H-pyrrole nitrogens is 1. The molecule has 0 saturated carbocycles. The maximum Gasteiger partial charge on any atom is 0.250 e. The van der Waals surface area contributed by atoms with Crippen LogP contribution in [0.2, 0.25) is 0 Å². The molecule has 0 atom stereocenters. The summed E-state index contributed by atoms with van der Waals surface area (Å²) in [5.41, 5.74) is 11.2. The van der Waals surface area contributed by atoms with Crippen LogP contribution in [-0.2, 0) is 0 Å². The number of primary amides is 1. The maximum atomic E-state index is 10.6. The van der Waals surface area contributed by atoms with Gasteiger partial charge in [0, 0.05) is 18.0 Å². The van der Waals surface area contributed by atoms with Crippen LogP contribution in [0.5, 0.6) is 0 Å². The number of hydrogen-bond donors (Lipinski definition) is 3. The normalized spacial score (nSPS) is 8.94. The molecule has 0 fully saturated rings. The molecule has 0 aliphatic carbocycles. The highest BCUT2D eigenvalue weighted by atomic mass is 16.1. The summed E-state index contributed by atoms with van der Waals surface area (Å²) in [7, 11) is 0.